The lowest BCUT2D eigenvalue weighted by atomic mass is 9.95. The zero-order valence-corrected chi connectivity index (χ0v) is 18.4. The fourth-order valence-corrected chi connectivity index (χ4v) is 4.67. The Morgan fingerprint density at radius 1 is 1.23 bits per heavy atom. The van der Waals surface area contributed by atoms with E-state index in [-0.39, 0.29) is 23.6 Å². The number of rotatable bonds is 5. The van der Waals surface area contributed by atoms with Gasteiger partial charge in [-0.2, -0.15) is 0 Å². The van der Waals surface area contributed by atoms with Gasteiger partial charge >= 0.3 is 0 Å². The molecule has 6 nitrogen and oxygen atoms in total. The monoisotopic (exact) mass is 424 g/mol. The molecule has 0 radical (unpaired) electrons. The largest absolute Gasteiger partial charge is 0.366 e. The lowest BCUT2D eigenvalue weighted by molar-refractivity contribution is -0.0541. The van der Waals surface area contributed by atoms with Gasteiger partial charge in [-0.15, -0.1) is 0 Å². The van der Waals surface area contributed by atoms with Crippen LogP contribution in [0.25, 0.3) is 10.9 Å². The topological polar surface area (TPSA) is 63.7 Å². The van der Waals surface area contributed by atoms with Crippen molar-refractivity contribution in [2.24, 2.45) is 5.73 Å². The molecule has 2 heterocycles. The standard InChI is InChI=1S/C24H29FN4O2/c1-16-23(31-4)29(28-12-11-17-13-18(22(26)30)9-10-21(17)28)24(2,3)15-27(16)14-19-7-5-6-8-20(19)25/h5-13,16,23H,14-15H2,1-4H3,(H2,26,30). The molecule has 2 unspecified atom stereocenters. The highest BCUT2D eigenvalue weighted by atomic mass is 19.1. The summed E-state index contributed by atoms with van der Waals surface area (Å²) in [5.74, 6) is -0.634. The maximum Gasteiger partial charge on any atom is 0.248 e. The van der Waals surface area contributed by atoms with Crippen LogP contribution in [0.2, 0.25) is 0 Å². The Labute approximate surface area is 182 Å². The van der Waals surface area contributed by atoms with Crippen molar-refractivity contribution < 1.29 is 13.9 Å². The van der Waals surface area contributed by atoms with E-state index in [4.69, 9.17) is 10.5 Å². The first-order valence-corrected chi connectivity index (χ1v) is 10.4. The zero-order valence-electron chi connectivity index (χ0n) is 18.4. The molecule has 0 saturated carbocycles. The molecule has 1 aromatic heterocycles. The van der Waals surface area contributed by atoms with Crippen LogP contribution in [0.4, 0.5) is 4.39 Å². The van der Waals surface area contributed by atoms with Crippen molar-refractivity contribution in [1.82, 2.24) is 9.58 Å². The van der Waals surface area contributed by atoms with Crippen LogP contribution in [0.5, 0.6) is 0 Å². The van der Waals surface area contributed by atoms with Crippen molar-refractivity contribution in [1.29, 1.82) is 0 Å². The summed E-state index contributed by atoms with van der Waals surface area (Å²) >= 11 is 0. The molecule has 2 N–H and O–H groups in total. The molecule has 4 rings (SSSR count). The fraction of sp³-hybridized carbons (Fsp3) is 0.375. The highest BCUT2D eigenvalue weighted by molar-refractivity contribution is 5.97. The van der Waals surface area contributed by atoms with Crippen LogP contribution in [-0.2, 0) is 11.3 Å². The quantitative estimate of drug-likeness (QED) is 0.681. The van der Waals surface area contributed by atoms with Gasteiger partial charge in [-0.3, -0.25) is 19.4 Å². The number of carbonyl (C=O) groups excluding carboxylic acids is 1. The average Bonchev–Trinajstić information content (AvgIpc) is 3.14. The number of nitrogens with zero attached hydrogens (tertiary/aromatic N) is 3. The van der Waals surface area contributed by atoms with Crippen molar-refractivity contribution >= 4 is 16.8 Å². The normalized spacial score (nSPS) is 21.5. The van der Waals surface area contributed by atoms with Gasteiger partial charge in [-0.25, -0.2) is 4.39 Å². The molecule has 2 atom stereocenters. The summed E-state index contributed by atoms with van der Waals surface area (Å²) in [4.78, 5) is 13.8. The third-order valence-electron chi connectivity index (χ3n) is 6.20. The van der Waals surface area contributed by atoms with Crippen LogP contribution in [0.3, 0.4) is 0 Å². The number of piperazine rings is 1. The van der Waals surface area contributed by atoms with E-state index < -0.39 is 5.91 Å². The maximum atomic E-state index is 14.3. The number of halogens is 1. The number of aromatic nitrogens is 1. The molecule has 7 heteroatoms. The number of primary amides is 1. The number of benzene rings is 2. The highest BCUT2D eigenvalue weighted by Crippen LogP contribution is 2.32. The first-order chi connectivity index (χ1) is 14.7. The lowest BCUT2D eigenvalue weighted by Gasteiger charge is -2.55. The van der Waals surface area contributed by atoms with Crippen LogP contribution < -0.4 is 10.7 Å². The molecule has 1 amide bonds. The molecular weight excluding hydrogens is 395 g/mol. The first kappa shape index (κ1) is 21.3. The Morgan fingerprint density at radius 2 is 1.97 bits per heavy atom. The first-order valence-electron chi connectivity index (χ1n) is 10.4. The molecule has 31 heavy (non-hydrogen) atoms. The number of hydrogen-bond acceptors (Lipinski definition) is 4. The number of carbonyl (C=O) groups is 1. The number of fused-ring (bicyclic) bond motifs is 1. The van der Waals surface area contributed by atoms with Gasteiger partial charge in [-0.05, 0) is 51.1 Å². The summed E-state index contributed by atoms with van der Waals surface area (Å²) < 4.78 is 22.4. The van der Waals surface area contributed by atoms with Crippen LogP contribution in [-0.4, -0.2) is 46.9 Å². The predicted octanol–water partition coefficient (Wildman–Crippen LogP) is 3.47. The second-order valence-corrected chi connectivity index (χ2v) is 8.82. The van der Waals surface area contributed by atoms with Crippen LogP contribution in [0.15, 0.2) is 54.7 Å². The SMILES string of the molecule is COC1C(C)N(Cc2ccccc2F)CC(C)(C)N1n1ccc2cc(C(N)=O)ccc21. The third-order valence-corrected chi connectivity index (χ3v) is 6.20. The van der Waals surface area contributed by atoms with E-state index in [1.165, 1.54) is 6.07 Å². The van der Waals surface area contributed by atoms with Gasteiger partial charge in [-0.1, -0.05) is 18.2 Å². The summed E-state index contributed by atoms with van der Waals surface area (Å²) in [6.45, 7) is 7.65. The summed E-state index contributed by atoms with van der Waals surface area (Å²) in [7, 11) is 1.70. The molecule has 0 aliphatic carbocycles. The van der Waals surface area contributed by atoms with E-state index >= 15 is 0 Å². The van der Waals surface area contributed by atoms with Gasteiger partial charge in [0.15, 0.2) is 6.23 Å². The molecule has 164 valence electrons. The molecular formula is C24H29FN4O2. The minimum atomic E-state index is -0.444. The fourth-order valence-electron chi connectivity index (χ4n) is 4.67. The molecule has 1 aliphatic heterocycles. The van der Waals surface area contributed by atoms with E-state index in [0.717, 1.165) is 17.4 Å². The van der Waals surface area contributed by atoms with Gasteiger partial charge in [0.05, 0.1) is 17.1 Å². The number of nitrogens with two attached hydrogens (primary N) is 1. The predicted molar refractivity (Wildman–Crippen MR) is 120 cm³/mol. The number of hydrogen-bond donors (Lipinski definition) is 1. The Morgan fingerprint density at radius 3 is 2.65 bits per heavy atom. The second-order valence-electron chi connectivity index (χ2n) is 8.82. The van der Waals surface area contributed by atoms with Crippen molar-refractivity contribution in [3.8, 4) is 0 Å². The van der Waals surface area contributed by atoms with Crippen molar-refractivity contribution in [2.75, 3.05) is 18.7 Å². The van der Waals surface area contributed by atoms with E-state index in [0.29, 0.717) is 17.7 Å². The molecule has 1 fully saturated rings. The van der Waals surface area contributed by atoms with Crippen LogP contribution in [0, 0.1) is 5.82 Å². The zero-order chi connectivity index (χ0) is 22.3. The van der Waals surface area contributed by atoms with Gasteiger partial charge < -0.3 is 10.5 Å². The Hall–Kier alpha value is -2.90. The van der Waals surface area contributed by atoms with Gasteiger partial charge in [0.25, 0.3) is 0 Å². The van der Waals surface area contributed by atoms with Crippen molar-refractivity contribution in [3.63, 3.8) is 0 Å². The minimum absolute atomic E-state index is 0.0139. The Bertz CT molecular complexity index is 1110. The van der Waals surface area contributed by atoms with E-state index in [2.05, 4.69) is 35.4 Å². The molecule has 0 bridgehead atoms. The summed E-state index contributed by atoms with van der Waals surface area (Å²) in [5, 5.41) is 3.16. The summed E-state index contributed by atoms with van der Waals surface area (Å²) in [6, 6.07) is 14.4. The van der Waals surface area contributed by atoms with Crippen LogP contribution >= 0.6 is 0 Å². The maximum absolute atomic E-state index is 14.3. The highest BCUT2D eigenvalue weighted by Gasteiger charge is 2.45. The summed E-state index contributed by atoms with van der Waals surface area (Å²) in [5.41, 5.74) is 7.26. The van der Waals surface area contributed by atoms with Crippen molar-refractivity contribution in [3.05, 3.63) is 71.7 Å². The second kappa shape index (κ2) is 7.98. The van der Waals surface area contributed by atoms with Crippen LogP contribution in [0.1, 0.15) is 36.7 Å². The van der Waals surface area contributed by atoms with Gasteiger partial charge in [0.1, 0.15) is 5.82 Å². The van der Waals surface area contributed by atoms with E-state index in [9.17, 15) is 9.18 Å². The Kier molecular flexibility index (Phi) is 5.49. The average molecular weight is 425 g/mol. The lowest BCUT2D eigenvalue weighted by Crippen LogP contribution is -2.71. The molecule has 1 aliphatic rings. The molecule has 1 saturated heterocycles. The smallest absolute Gasteiger partial charge is 0.248 e. The summed E-state index contributed by atoms with van der Waals surface area (Å²) in [6.07, 6.45) is 1.73. The van der Waals surface area contributed by atoms with E-state index in [1.54, 1.807) is 25.3 Å². The van der Waals surface area contributed by atoms with Gasteiger partial charge in [0.2, 0.25) is 5.91 Å². The number of methoxy groups -OCH3 is 1. The number of amides is 1. The molecule has 3 aromatic rings. The molecule has 2 aromatic carbocycles. The number of ether oxygens (including phenoxy) is 1. The van der Waals surface area contributed by atoms with E-state index in [1.807, 2.05) is 30.5 Å². The van der Waals surface area contributed by atoms with Crippen molar-refractivity contribution in [2.45, 2.75) is 45.1 Å². The van der Waals surface area contributed by atoms with Gasteiger partial charge in [0, 0.05) is 42.9 Å². The Balaban J connectivity index is 1.70. The third kappa shape index (κ3) is 3.79. The minimum Gasteiger partial charge on any atom is -0.366 e. The molecule has 0 spiro atoms.